The van der Waals surface area contributed by atoms with Crippen molar-refractivity contribution in [1.82, 2.24) is 0 Å². The van der Waals surface area contributed by atoms with Crippen LogP contribution in [0.4, 0.5) is 0 Å². The van der Waals surface area contributed by atoms with Crippen LogP contribution in [0.25, 0.3) is 0 Å². The summed E-state index contributed by atoms with van der Waals surface area (Å²) in [6.07, 6.45) is 2.93. The molecule has 0 amide bonds. The van der Waals surface area contributed by atoms with Gasteiger partial charge in [0, 0.05) is 17.8 Å². The zero-order valence-electron chi connectivity index (χ0n) is 9.55. The number of rotatable bonds is 0. The number of oxime groups is 1. The summed E-state index contributed by atoms with van der Waals surface area (Å²) in [5.74, 6) is 0. The van der Waals surface area contributed by atoms with Crippen molar-refractivity contribution < 1.29 is 5.21 Å². The average Bonchev–Trinajstić information content (AvgIpc) is 1.84. The molecular formula is C10H22N2O. The fraction of sp³-hybridized carbons (Fsp3) is 0.800. The van der Waals surface area contributed by atoms with Crippen LogP contribution in [0.5, 0.6) is 0 Å². The first kappa shape index (κ1) is 14.7. The second-order valence-electron chi connectivity index (χ2n) is 5.12. The number of nitrogens with one attached hydrogen (secondary N) is 1. The lowest BCUT2D eigenvalue weighted by atomic mass is 10.00. The lowest BCUT2D eigenvalue weighted by Crippen LogP contribution is -2.05. The van der Waals surface area contributed by atoms with Crippen LogP contribution in [0, 0.1) is 16.2 Å². The van der Waals surface area contributed by atoms with Gasteiger partial charge in [-0.15, -0.1) is 5.16 Å². The van der Waals surface area contributed by atoms with Gasteiger partial charge >= 0.3 is 0 Å². The Morgan fingerprint density at radius 2 is 1.31 bits per heavy atom. The van der Waals surface area contributed by atoms with Crippen LogP contribution in [0.1, 0.15) is 41.5 Å². The van der Waals surface area contributed by atoms with Crippen LogP contribution in [0.2, 0.25) is 0 Å². The Hall–Kier alpha value is -0.860. The molecule has 2 N–H and O–H groups in total. The smallest absolute Gasteiger partial charge is 0.0489 e. The molecule has 78 valence electrons. The summed E-state index contributed by atoms with van der Waals surface area (Å²) in [5, 5.41) is 17.6. The molecule has 3 nitrogen and oxygen atoms in total. The van der Waals surface area contributed by atoms with E-state index in [1.807, 2.05) is 41.5 Å². The summed E-state index contributed by atoms with van der Waals surface area (Å²) in [5.41, 5.74) is 0.0920. The molecule has 0 saturated carbocycles. The predicted octanol–water partition coefficient (Wildman–Crippen LogP) is 3.17. The standard InChI is InChI=1S/C5H11NO.C5H11N/c1-5(2,3)4-6-7;1-5(2,3)4-6/h4,7H,1-3H3;4,6H,1-3H3/b6-4+;. The Bertz CT molecular complexity index is 161. The van der Waals surface area contributed by atoms with Crippen LogP contribution in [0.15, 0.2) is 5.16 Å². The Kier molecular flexibility index (Phi) is 6.46. The lowest BCUT2D eigenvalue weighted by molar-refractivity contribution is 0.315. The van der Waals surface area contributed by atoms with E-state index >= 15 is 0 Å². The quantitative estimate of drug-likeness (QED) is 0.341. The number of nitrogens with zero attached hydrogens (tertiary/aromatic N) is 1. The van der Waals surface area contributed by atoms with E-state index < -0.39 is 0 Å². The maximum Gasteiger partial charge on any atom is 0.0489 e. The van der Waals surface area contributed by atoms with Gasteiger partial charge in [0.05, 0.1) is 0 Å². The van der Waals surface area contributed by atoms with E-state index in [9.17, 15) is 0 Å². The summed E-state index contributed by atoms with van der Waals surface area (Å²) in [7, 11) is 0. The maximum absolute atomic E-state index is 7.97. The van der Waals surface area contributed by atoms with Crippen molar-refractivity contribution in [3.8, 4) is 0 Å². The molecule has 0 aliphatic rings. The van der Waals surface area contributed by atoms with Crippen molar-refractivity contribution in [3.63, 3.8) is 0 Å². The third-order valence-electron chi connectivity index (χ3n) is 0.878. The lowest BCUT2D eigenvalue weighted by Gasteiger charge is -2.06. The van der Waals surface area contributed by atoms with Gasteiger partial charge in [-0.05, 0) is 5.41 Å². The molecule has 0 unspecified atom stereocenters. The van der Waals surface area contributed by atoms with Crippen LogP contribution >= 0.6 is 0 Å². The second-order valence-corrected chi connectivity index (χ2v) is 5.12. The molecule has 0 spiro atoms. The number of hydrogen-bond donors (Lipinski definition) is 2. The highest BCUT2D eigenvalue weighted by Crippen LogP contribution is 2.07. The molecular weight excluding hydrogens is 164 g/mol. The van der Waals surface area contributed by atoms with E-state index in [0.29, 0.717) is 0 Å². The summed E-state index contributed by atoms with van der Waals surface area (Å²) in [6, 6.07) is 0. The van der Waals surface area contributed by atoms with E-state index in [0.717, 1.165) is 0 Å². The molecule has 0 aromatic carbocycles. The normalized spacial score (nSPS) is 12.2. The molecule has 0 rings (SSSR count). The van der Waals surface area contributed by atoms with Crippen molar-refractivity contribution in [2.45, 2.75) is 41.5 Å². The van der Waals surface area contributed by atoms with Crippen LogP contribution in [-0.2, 0) is 0 Å². The first-order valence-corrected chi connectivity index (χ1v) is 4.32. The molecule has 0 aromatic heterocycles. The Balaban J connectivity index is 0. The first-order valence-electron chi connectivity index (χ1n) is 4.32. The Morgan fingerprint density at radius 1 is 1.00 bits per heavy atom. The minimum absolute atomic E-state index is 0.00868. The summed E-state index contributed by atoms with van der Waals surface area (Å²) >= 11 is 0. The average molecular weight is 186 g/mol. The van der Waals surface area contributed by atoms with E-state index in [1.54, 1.807) is 0 Å². The summed E-state index contributed by atoms with van der Waals surface area (Å²) in [4.78, 5) is 0. The molecule has 13 heavy (non-hydrogen) atoms. The van der Waals surface area contributed by atoms with Gasteiger partial charge in [-0.25, -0.2) is 0 Å². The van der Waals surface area contributed by atoms with Gasteiger partial charge in [-0.1, -0.05) is 41.5 Å². The molecule has 0 atom stereocenters. The Morgan fingerprint density at radius 3 is 1.31 bits per heavy atom. The zero-order chi connectivity index (χ0) is 11.1. The van der Waals surface area contributed by atoms with E-state index in [-0.39, 0.29) is 10.8 Å². The highest BCUT2D eigenvalue weighted by atomic mass is 16.4. The van der Waals surface area contributed by atoms with Crippen LogP contribution in [-0.4, -0.2) is 17.6 Å². The molecule has 0 saturated heterocycles. The zero-order valence-corrected chi connectivity index (χ0v) is 9.55. The molecule has 0 fully saturated rings. The van der Waals surface area contributed by atoms with Gasteiger partial charge in [0.1, 0.15) is 0 Å². The largest absolute Gasteiger partial charge is 0.411 e. The number of hydrogen-bond acceptors (Lipinski definition) is 3. The summed E-state index contributed by atoms with van der Waals surface area (Å²) in [6.45, 7) is 11.9. The highest BCUT2D eigenvalue weighted by molar-refractivity contribution is 5.62. The van der Waals surface area contributed by atoms with Gasteiger partial charge in [0.2, 0.25) is 0 Å². The van der Waals surface area contributed by atoms with Crippen molar-refractivity contribution in [2.24, 2.45) is 16.0 Å². The Labute approximate surface area is 81.4 Å². The molecule has 3 heteroatoms. The fourth-order valence-electron chi connectivity index (χ4n) is 0.173. The van der Waals surface area contributed by atoms with Gasteiger partial charge in [-0.2, -0.15) is 0 Å². The van der Waals surface area contributed by atoms with Gasteiger partial charge in [0.25, 0.3) is 0 Å². The van der Waals surface area contributed by atoms with Crippen molar-refractivity contribution in [1.29, 1.82) is 5.41 Å². The first-order chi connectivity index (χ1) is 5.62. The van der Waals surface area contributed by atoms with E-state index in [2.05, 4.69) is 5.16 Å². The predicted molar refractivity (Wildman–Crippen MR) is 58.0 cm³/mol. The SMILES string of the molecule is CC(C)(C)/C=N/O.CC(C)(C)C=N. The maximum atomic E-state index is 7.97. The molecule has 0 aromatic rings. The molecule has 0 aliphatic carbocycles. The molecule has 0 radical (unpaired) electrons. The van der Waals surface area contributed by atoms with E-state index in [4.69, 9.17) is 10.6 Å². The fourth-order valence-corrected chi connectivity index (χ4v) is 0.173. The third kappa shape index (κ3) is 24.7. The van der Waals surface area contributed by atoms with Crippen molar-refractivity contribution in [3.05, 3.63) is 0 Å². The monoisotopic (exact) mass is 186 g/mol. The van der Waals surface area contributed by atoms with Gasteiger partial charge in [-0.3, -0.25) is 0 Å². The van der Waals surface area contributed by atoms with Crippen molar-refractivity contribution >= 4 is 12.4 Å². The minimum Gasteiger partial charge on any atom is -0.411 e. The minimum atomic E-state index is 0.00868. The molecule has 0 bridgehead atoms. The van der Waals surface area contributed by atoms with Crippen LogP contribution in [0.3, 0.4) is 0 Å². The molecule has 0 heterocycles. The van der Waals surface area contributed by atoms with E-state index in [1.165, 1.54) is 12.4 Å². The highest BCUT2D eigenvalue weighted by Gasteiger charge is 2.03. The topological polar surface area (TPSA) is 56.4 Å². The van der Waals surface area contributed by atoms with Gasteiger partial charge < -0.3 is 10.6 Å². The third-order valence-corrected chi connectivity index (χ3v) is 0.878. The van der Waals surface area contributed by atoms with Crippen LogP contribution < -0.4 is 0 Å². The van der Waals surface area contributed by atoms with Crippen molar-refractivity contribution in [2.75, 3.05) is 0 Å². The summed E-state index contributed by atoms with van der Waals surface area (Å²) < 4.78 is 0. The molecule has 0 aliphatic heterocycles. The van der Waals surface area contributed by atoms with Gasteiger partial charge in [0.15, 0.2) is 0 Å². The second kappa shape index (κ2) is 5.73.